The second-order valence-corrected chi connectivity index (χ2v) is 6.73. The number of hydrogen-bond acceptors (Lipinski definition) is 2. The minimum Gasteiger partial charge on any atom is -0.335 e. The summed E-state index contributed by atoms with van der Waals surface area (Å²) < 4.78 is 0. The van der Waals surface area contributed by atoms with Crippen LogP contribution in [0.3, 0.4) is 0 Å². The van der Waals surface area contributed by atoms with Crippen LogP contribution in [0, 0.1) is 5.92 Å². The molecule has 3 nitrogen and oxygen atoms in total. The highest BCUT2D eigenvalue weighted by atomic mass is 16.2. The summed E-state index contributed by atoms with van der Waals surface area (Å²) in [6.07, 6.45) is 5.42. The van der Waals surface area contributed by atoms with Crippen LogP contribution in [0.25, 0.3) is 0 Å². The van der Waals surface area contributed by atoms with Crippen molar-refractivity contribution in [2.75, 3.05) is 13.1 Å². The summed E-state index contributed by atoms with van der Waals surface area (Å²) in [6, 6.07) is 7.58. The van der Waals surface area contributed by atoms with Crippen LogP contribution >= 0.6 is 0 Å². The van der Waals surface area contributed by atoms with E-state index in [1.807, 2.05) is 0 Å². The lowest BCUT2D eigenvalue weighted by Gasteiger charge is -2.48. The molecule has 1 aromatic rings. The second-order valence-electron chi connectivity index (χ2n) is 6.73. The van der Waals surface area contributed by atoms with Gasteiger partial charge in [0.1, 0.15) is 0 Å². The van der Waals surface area contributed by atoms with E-state index < -0.39 is 0 Å². The highest BCUT2D eigenvalue weighted by molar-refractivity contribution is 5.81. The maximum absolute atomic E-state index is 12.8. The van der Waals surface area contributed by atoms with E-state index in [1.165, 1.54) is 16.7 Å². The fourth-order valence-corrected chi connectivity index (χ4v) is 4.45. The number of carbonyl (C=O) groups excluding carboxylic acids is 1. The lowest BCUT2D eigenvalue weighted by atomic mass is 9.77. The number of nitrogens with one attached hydrogen (secondary N) is 1. The molecule has 0 bridgehead atoms. The quantitative estimate of drug-likeness (QED) is 0.859. The van der Waals surface area contributed by atoms with Gasteiger partial charge in [0.25, 0.3) is 0 Å². The van der Waals surface area contributed by atoms with Crippen LogP contribution in [0.4, 0.5) is 0 Å². The van der Waals surface area contributed by atoms with Crippen molar-refractivity contribution in [2.45, 2.75) is 51.1 Å². The van der Waals surface area contributed by atoms with Gasteiger partial charge in [-0.1, -0.05) is 25.1 Å². The number of nitrogens with zero attached hydrogens (tertiary/aromatic N) is 1. The van der Waals surface area contributed by atoms with Gasteiger partial charge in [0.05, 0.1) is 12.0 Å². The molecule has 0 aromatic heterocycles. The fourth-order valence-electron chi connectivity index (χ4n) is 4.45. The molecule has 3 heterocycles. The lowest BCUT2D eigenvalue weighted by molar-refractivity contribution is -0.145. The minimum absolute atomic E-state index is 0.228. The predicted molar refractivity (Wildman–Crippen MR) is 83.1 cm³/mol. The summed E-state index contributed by atoms with van der Waals surface area (Å²) in [4.78, 5) is 15.0. The van der Waals surface area contributed by atoms with Crippen LogP contribution in [0.15, 0.2) is 18.2 Å². The molecule has 0 saturated carbocycles. The van der Waals surface area contributed by atoms with Gasteiger partial charge in [-0.15, -0.1) is 0 Å². The van der Waals surface area contributed by atoms with Gasteiger partial charge >= 0.3 is 0 Å². The number of amides is 1. The van der Waals surface area contributed by atoms with E-state index >= 15 is 0 Å². The summed E-state index contributed by atoms with van der Waals surface area (Å²) in [5, 5.41) is 3.59. The molecule has 1 aromatic carbocycles. The van der Waals surface area contributed by atoms with Crippen molar-refractivity contribution in [3.8, 4) is 0 Å². The molecule has 112 valence electrons. The van der Waals surface area contributed by atoms with Crippen molar-refractivity contribution >= 4 is 5.91 Å². The summed E-state index contributed by atoms with van der Waals surface area (Å²) in [7, 11) is 0. The third-order valence-corrected chi connectivity index (χ3v) is 5.63. The van der Waals surface area contributed by atoms with Crippen LogP contribution in [0.2, 0.25) is 0 Å². The molecule has 0 radical (unpaired) electrons. The highest BCUT2D eigenvalue weighted by Gasteiger charge is 2.44. The Balaban J connectivity index is 1.68. The van der Waals surface area contributed by atoms with Crippen molar-refractivity contribution < 1.29 is 4.79 Å². The zero-order valence-corrected chi connectivity index (χ0v) is 12.8. The molecule has 3 unspecified atom stereocenters. The zero-order valence-electron chi connectivity index (χ0n) is 12.8. The highest BCUT2D eigenvalue weighted by Crippen LogP contribution is 2.41. The Morgan fingerprint density at radius 1 is 1.38 bits per heavy atom. The molecule has 2 saturated heterocycles. The van der Waals surface area contributed by atoms with Gasteiger partial charge in [0.2, 0.25) is 5.91 Å². The van der Waals surface area contributed by atoms with Crippen LogP contribution in [-0.2, 0) is 17.6 Å². The molecule has 1 amide bonds. The van der Waals surface area contributed by atoms with Gasteiger partial charge in [0.15, 0.2) is 0 Å². The standard InChI is InChI=1S/C18H24N2O/c1-2-12-5-6-14-13(10-12)7-9-20-17(14)11-16-15(18(20)21)4-3-8-19-16/h5-6,10,15-17,19H,2-4,7-9,11H2,1H3. The normalized spacial score (nSPS) is 31.4. The van der Waals surface area contributed by atoms with Crippen LogP contribution in [-0.4, -0.2) is 29.9 Å². The molecule has 3 aliphatic heterocycles. The van der Waals surface area contributed by atoms with Gasteiger partial charge in [-0.25, -0.2) is 0 Å². The van der Waals surface area contributed by atoms with Crippen molar-refractivity contribution in [2.24, 2.45) is 5.92 Å². The molecule has 3 heteroatoms. The number of aryl methyl sites for hydroxylation is 1. The monoisotopic (exact) mass is 284 g/mol. The molecule has 1 N–H and O–H groups in total. The molecule has 0 aliphatic carbocycles. The number of piperidine rings is 2. The predicted octanol–water partition coefficient (Wildman–Crippen LogP) is 2.45. The maximum atomic E-state index is 12.8. The summed E-state index contributed by atoms with van der Waals surface area (Å²) in [6.45, 7) is 4.19. The van der Waals surface area contributed by atoms with Crippen molar-refractivity contribution in [1.29, 1.82) is 0 Å². The Kier molecular flexibility index (Phi) is 3.26. The van der Waals surface area contributed by atoms with E-state index in [0.717, 1.165) is 45.2 Å². The number of rotatable bonds is 1. The van der Waals surface area contributed by atoms with E-state index in [1.54, 1.807) is 0 Å². The average Bonchev–Trinajstić information content (AvgIpc) is 2.54. The molecule has 3 atom stereocenters. The zero-order chi connectivity index (χ0) is 14.4. The molecular formula is C18H24N2O. The molecule has 21 heavy (non-hydrogen) atoms. The van der Waals surface area contributed by atoms with Crippen molar-refractivity contribution in [3.63, 3.8) is 0 Å². The Hall–Kier alpha value is -1.35. The minimum atomic E-state index is 0.228. The molecule has 2 fully saturated rings. The Labute approximate surface area is 126 Å². The summed E-state index contributed by atoms with van der Waals surface area (Å²) in [5.41, 5.74) is 4.29. The number of hydrogen-bond donors (Lipinski definition) is 1. The van der Waals surface area contributed by atoms with E-state index in [2.05, 4.69) is 35.3 Å². The fraction of sp³-hybridized carbons (Fsp3) is 0.611. The van der Waals surface area contributed by atoms with Gasteiger partial charge in [-0.05, 0) is 55.3 Å². The van der Waals surface area contributed by atoms with E-state index in [4.69, 9.17) is 0 Å². The average molecular weight is 284 g/mol. The maximum Gasteiger partial charge on any atom is 0.227 e. The van der Waals surface area contributed by atoms with Crippen LogP contribution < -0.4 is 5.32 Å². The Morgan fingerprint density at radius 3 is 3.14 bits per heavy atom. The first-order valence-electron chi connectivity index (χ1n) is 8.43. The van der Waals surface area contributed by atoms with Crippen molar-refractivity contribution in [1.82, 2.24) is 10.2 Å². The second kappa shape index (κ2) is 5.13. The molecular weight excluding hydrogens is 260 g/mol. The van der Waals surface area contributed by atoms with E-state index in [0.29, 0.717) is 18.0 Å². The van der Waals surface area contributed by atoms with Crippen LogP contribution in [0.1, 0.15) is 48.9 Å². The topological polar surface area (TPSA) is 32.3 Å². The van der Waals surface area contributed by atoms with Gasteiger partial charge < -0.3 is 10.2 Å². The first kappa shape index (κ1) is 13.3. The third-order valence-electron chi connectivity index (χ3n) is 5.63. The summed E-state index contributed by atoms with van der Waals surface area (Å²) in [5.74, 6) is 0.625. The Bertz CT molecular complexity index is 568. The smallest absolute Gasteiger partial charge is 0.227 e. The number of fused-ring (bicyclic) bond motifs is 4. The molecule has 3 aliphatic rings. The lowest BCUT2D eigenvalue weighted by Crippen LogP contribution is -2.57. The van der Waals surface area contributed by atoms with Gasteiger partial charge in [-0.2, -0.15) is 0 Å². The first-order valence-corrected chi connectivity index (χ1v) is 8.43. The largest absolute Gasteiger partial charge is 0.335 e. The molecule has 4 rings (SSSR count). The SMILES string of the molecule is CCc1ccc2c(c1)CCN1C(=O)C3CCCNC3CC21. The van der Waals surface area contributed by atoms with Gasteiger partial charge in [-0.3, -0.25) is 4.79 Å². The van der Waals surface area contributed by atoms with Crippen molar-refractivity contribution in [3.05, 3.63) is 34.9 Å². The van der Waals surface area contributed by atoms with Crippen LogP contribution in [0.5, 0.6) is 0 Å². The van der Waals surface area contributed by atoms with E-state index in [-0.39, 0.29) is 5.92 Å². The molecule has 0 spiro atoms. The Morgan fingerprint density at radius 2 is 2.29 bits per heavy atom. The number of benzene rings is 1. The summed E-state index contributed by atoms with van der Waals surface area (Å²) >= 11 is 0. The first-order chi connectivity index (χ1) is 10.3. The third kappa shape index (κ3) is 2.10. The number of carbonyl (C=O) groups is 1. The van der Waals surface area contributed by atoms with Gasteiger partial charge in [0, 0.05) is 12.6 Å². The van der Waals surface area contributed by atoms with E-state index in [9.17, 15) is 4.79 Å².